The third kappa shape index (κ3) is 3.73. The van der Waals surface area contributed by atoms with Gasteiger partial charge in [-0.1, -0.05) is 47.6 Å². The second-order valence-electron chi connectivity index (χ2n) is 7.25. The molecular formula is C25H16F2N4O3. The van der Waals surface area contributed by atoms with E-state index in [1.807, 2.05) is 30.3 Å². The van der Waals surface area contributed by atoms with E-state index < -0.39 is 17.6 Å². The van der Waals surface area contributed by atoms with Gasteiger partial charge in [-0.25, -0.2) is 18.3 Å². The molecule has 2 aromatic heterocycles. The van der Waals surface area contributed by atoms with Crippen LogP contribution in [0, 0.1) is 11.6 Å². The summed E-state index contributed by atoms with van der Waals surface area (Å²) in [7, 11) is 1.21. The molecule has 0 N–H and O–H groups in total. The maximum Gasteiger partial charge on any atom is 0.337 e. The van der Waals surface area contributed by atoms with Crippen LogP contribution in [0.15, 0.2) is 83.5 Å². The number of hydrogen-bond acceptors (Lipinski definition) is 6. The monoisotopic (exact) mass is 458 g/mol. The van der Waals surface area contributed by atoms with E-state index in [9.17, 15) is 13.6 Å². The van der Waals surface area contributed by atoms with Gasteiger partial charge in [-0.15, -0.1) is 0 Å². The second kappa shape index (κ2) is 8.70. The number of aromatic nitrogens is 4. The highest BCUT2D eigenvalue weighted by Crippen LogP contribution is 2.34. The van der Waals surface area contributed by atoms with Crippen LogP contribution < -0.4 is 0 Å². The normalized spacial score (nSPS) is 10.9. The van der Waals surface area contributed by atoms with Crippen LogP contribution in [-0.4, -0.2) is 33.0 Å². The van der Waals surface area contributed by atoms with Crippen molar-refractivity contribution >= 4 is 5.97 Å². The minimum atomic E-state index is -0.708. The molecule has 0 radical (unpaired) electrons. The highest BCUT2D eigenvalue weighted by atomic mass is 19.1. The number of para-hydroxylation sites is 1. The lowest BCUT2D eigenvalue weighted by molar-refractivity contribution is 0.0600. The van der Waals surface area contributed by atoms with Gasteiger partial charge in [0.1, 0.15) is 17.3 Å². The summed E-state index contributed by atoms with van der Waals surface area (Å²) in [5, 5.41) is 8.26. The first kappa shape index (κ1) is 21.2. The Kier molecular flexibility index (Phi) is 5.43. The molecule has 0 bridgehead atoms. The Morgan fingerprint density at radius 1 is 0.941 bits per heavy atom. The van der Waals surface area contributed by atoms with Crippen molar-refractivity contribution in [3.05, 3.63) is 96.2 Å². The van der Waals surface area contributed by atoms with E-state index in [1.54, 1.807) is 18.2 Å². The standard InChI is InChI=1S/C25H16F2N4O3/c1-33-25(32)16-11-12-17(20(27)13-16)23-29-24(34-30-23)18-14-28-31(21-10-6-5-9-19(21)26)22(18)15-7-3-2-4-8-15/h2-14H,1H3. The first-order chi connectivity index (χ1) is 16.6. The zero-order chi connectivity index (χ0) is 23.7. The minimum Gasteiger partial charge on any atom is -0.465 e. The van der Waals surface area contributed by atoms with Gasteiger partial charge in [0.2, 0.25) is 5.82 Å². The molecule has 5 aromatic rings. The summed E-state index contributed by atoms with van der Waals surface area (Å²) in [6.07, 6.45) is 1.49. The molecular weight excluding hydrogens is 442 g/mol. The van der Waals surface area contributed by atoms with Gasteiger partial charge >= 0.3 is 5.97 Å². The molecule has 0 aliphatic carbocycles. The maximum absolute atomic E-state index is 14.7. The first-order valence-electron chi connectivity index (χ1n) is 10.2. The molecule has 3 aromatic carbocycles. The number of hydrogen-bond donors (Lipinski definition) is 0. The summed E-state index contributed by atoms with van der Waals surface area (Å²) in [6.45, 7) is 0. The molecule has 0 fully saturated rings. The van der Waals surface area contributed by atoms with Crippen LogP contribution in [0.5, 0.6) is 0 Å². The Morgan fingerprint density at radius 2 is 1.71 bits per heavy atom. The molecule has 0 saturated carbocycles. The van der Waals surface area contributed by atoms with Crippen LogP contribution in [0.1, 0.15) is 10.4 Å². The summed E-state index contributed by atoms with van der Waals surface area (Å²) >= 11 is 0. The third-order valence-corrected chi connectivity index (χ3v) is 5.18. The predicted molar refractivity (Wildman–Crippen MR) is 119 cm³/mol. The van der Waals surface area contributed by atoms with Crippen molar-refractivity contribution in [2.75, 3.05) is 7.11 Å². The van der Waals surface area contributed by atoms with Gasteiger partial charge < -0.3 is 9.26 Å². The zero-order valence-electron chi connectivity index (χ0n) is 17.8. The number of ether oxygens (including phenoxy) is 1. The fourth-order valence-corrected chi connectivity index (χ4v) is 3.57. The summed E-state index contributed by atoms with van der Waals surface area (Å²) in [5.41, 5.74) is 2.07. The molecule has 0 amide bonds. The molecule has 0 saturated heterocycles. The number of nitrogens with zero attached hydrogens (tertiary/aromatic N) is 4. The van der Waals surface area contributed by atoms with Crippen molar-refractivity contribution in [3.8, 4) is 39.8 Å². The lowest BCUT2D eigenvalue weighted by Crippen LogP contribution is -2.02. The van der Waals surface area contributed by atoms with E-state index in [1.165, 1.54) is 36.2 Å². The van der Waals surface area contributed by atoms with Gasteiger partial charge in [0.05, 0.1) is 35.7 Å². The number of carbonyl (C=O) groups is 1. The lowest BCUT2D eigenvalue weighted by Gasteiger charge is -2.09. The van der Waals surface area contributed by atoms with Crippen LogP contribution in [0.2, 0.25) is 0 Å². The molecule has 7 nitrogen and oxygen atoms in total. The van der Waals surface area contributed by atoms with E-state index >= 15 is 0 Å². The van der Waals surface area contributed by atoms with Gasteiger partial charge in [-0.2, -0.15) is 10.1 Å². The maximum atomic E-state index is 14.7. The lowest BCUT2D eigenvalue weighted by atomic mass is 10.1. The van der Waals surface area contributed by atoms with E-state index in [0.717, 1.165) is 11.6 Å². The molecule has 2 heterocycles. The number of carbonyl (C=O) groups excluding carboxylic acids is 1. The molecule has 0 atom stereocenters. The summed E-state index contributed by atoms with van der Waals surface area (Å²) in [4.78, 5) is 16.0. The summed E-state index contributed by atoms with van der Waals surface area (Å²) in [6, 6.07) is 19.3. The first-order valence-corrected chi connectivity index (χ1v) is 10.2. The Morgan fingerprint density at radius 3 is 2.44 bits per heavy atom. The Balaban J connectivity index is 1.61. The van der Waals surface area contributed by atoms with Crippen molar-refractivity contribution in [2.24, 2.45) is 0 Å². The van der Waals surface area contributed by atoms with Gasteiger partial charge in [-0.05, 0) is 30.3 Å². The van der Waals surface area contributed by atoms with E-state index in [-0.39, 0.29) is 28.5 Å². The zero-order valence-corrected chi connectivity index (χ0v) is 17.8. The molecule has 0 unspecified atom stereocenters. The highest BCUT2D eigenvalue weighted by Gasteiger charge is 2.23. The number of halogens is 2. The van der Waals surface area contributed by atoms with Crippen LogP contribution in [-0.2, 0) is 4.74 Å². The second-order valence-corrected chi connectivity index (χ2v) is 7.25. The summed E-state index contributed by atoms with van der Waals surface area (Å²) in [5.74, 6) is -1.75. The van der Waals surface area contributed by atoms with Gasteiger partial charge in [-0.3, -0.25) is 0 Å². The van der Waals surface area contributed by atoms with Gasteiger partial charge in [0.25, 0.3) is 5.89 Å². The Bertz CT molecular complexity index is 1500. The fraction of sp³-hybridized carbons (Fsp3) is 0.0400. The SMILES string of the molecule is COC(=O)c1ccc(-c2noc(-c3cnn(-c4ccccc4F)c3-c3ccccc3)n2)c(F)c1. The number of methoxy groups -OCH3 is 1. The number of rotatable bonds is 5. The van der Waals surface area contributed by atoms with E-state index in [0.29, 0.717) is 11.3 Å². The molecule has 0 aliphatic heterocycles. The topological polar surface area (TPSA) is 83.0 Å². The van der Waals surface area contributed by atoms with Gasteiger partial charge in [0.15, 0.2) is 0 Å². The molecule has 34 heavy (non-hydrogen) atoms. The Labute approximate surface area is 192 Å². The molecule has 9 heteroatoms. The summed E-state index contributed by atoms with van der Waals surface area (Å²) < 4.78 is 40.7. The third-order valence-electron chi connectivity index (χ3n) is 5.18. The van der Waals surface area contributed by atoms with Gasteiger partial charge in [0, 0.05) is 5.56 Å². The number of esters is 1. The average molecular weight is 458 g/mol. The van der Waals surface area contributed by atoms with Crippen LogP contribution in [0.3, 0.4) is 0 Å². The predicted octanol–water partition coefficient (Wildman–Crippen LogP) is 5.32. The quantitative estimate of drug-likeness (QED) is 0.332. The van der Waals surface area contributed by atoms with Crippen molar-refractivity contribution in [3.63, 3.8) is 0 Å². The largest absolute Gasteiger partial charge is 0.465 e. The van der Waals surface area contributed by atoms with Crippen LogP contribution in [0.4, 0.5) is 8.78 Å². The van der Waals surface area contributed by atoms with Crippen molar-refractivity contribution in [1.29, 1.82) is 0 Å². The van der Waals surface area contributed by atoms with E-state index in [2.05, 4.69) is 20.0 Å². The molecule has 0 spiro atoms. The van der Waals surface area contributed by atoms with Crippen LogP contribution >= 0.6 is 0 Å². The van der Waals surface area contributed by atoms with Crippen molar-refractivity contribution in [2.45, 2.75) is 0 Å². The minimum absolute atomic E-state index is 0.0124. The highest BCUT2D eigenvalue weighted by molar-refractivity contribution is 5.90. The Hall–Kier alpha value is -4.66. The van der Waals surface area contributed by atoms with Crippen molar-refractivity contribution in [1.82, 2.24) is 19.9 Å². The fourth-order valence-electron chi connectivity index (χ4n) is 3.57. The smallest absolute Gasteiger partial charge is 0.337 e. The van der Waals surface area contributed by atoms with E-state index in [4.69, 9.17) is 4.52 Å². The number of benzene rings is 3. The molecule has 0 aliphatic rings. The van der Waals surface area contributed by atoms with Crippen LogP contribution in [0.25, 0.3) is 39.8 Å². The molecule has 5 rings (SSSR count). The molecule has 168 valence electrons. The average Bonchev–Trinajstić information content (AvgIpc) is 3.52. The van der Waals surface area contributed by atoms with Crippen molar-refractivity contribution < 1.29 is 22.8 Å².